The Kier molecular flexibility index (Phi) is 4.95. The summed E-state index contributed by atoms with van der Waals surface area (Å²) in [7, 11) is 0. The zero-order valence-corrected chi connectivity index (χ0v) is 9.97. The summed E-state index contributed by atoms with van der Waals surface area (Å²) >= 11 is 0. The third-order valence-electron chi connectivity index (χ3n) is 2.46. The van der Waals surface area contributed by atoms with Crippen LogP contribution >= 0.6 is 0 Å². The Morgan fingerprint density at radius 3 is 2.44 bits per heavy atom. The van der Waals surface area contributed by atoms with Crippen LogP contribution in [0.1, 0.15) is 18.9 Å². The van der Waals surface area contributed by atoms with Crippen molar-refractivity contribution in [3.63, 3.8) is 0 Å². The van der Waals surface area contributed by atoms with Gasteiger partial charge in [-0.25, -0.2) is 4.39 Å². The molecule has 1 N–H and O–H groups in total. The summed E-state index contributed by atoms with van der Waals surface area (Å²) < 4.78 is 50.8. The van der Waals surface area contributed by atoms with E-state index in [1.54, 1.807) is 6.92 Å². The molecule has 0 aromatic heterocycles. The minimum atomic E-state index is -4.37. The molecule has 18 heavy (non-hydrogen) atoms. The molecule has 1 rings (SSSR count). The standard InChI is InChI=1S/C12H15F4NO/c1-2-6-17(8-12(14,15)16)11-5-3-4-10(13)9(11)7-18/h3-5,18H,2,6-8H2,1H3. The van der Waals surface area contributed by atoms with E-state index in [-0.39, 0.29) is 17.8 Å². The van der Waals surface area contributed by atoms with Crippen LogP contribution in [-0.4, -0.2) is 24.4 Å². The van der Waals surface area contributed by atoms with Crippen LogP contribution < -0.4 is 4.90 Å². The van der Waals surface area contributed by atoms with Crippen molar-refractivity contribution in [1.82, 2.24) is 0 Å². The monoisotopic (exact) mass is 265 g/mol. The molecule has 0 bridgehead atoms. The maximum atomic E-state index is 13.4. The maximum absolute atomic E-state index is 13.4. The Bertz CT molecular complexity index is 392. The summed E-state index contributed by atoms with van der Waals surface area (Å²) in [6.45, 7) is 0.106. The van der Waals surface area contributed by atoms with Crippen molar-refractivity contribution in [2.75, 3.05) is 18.0 Å². The van der Waals surface area contributed by atoms with Crippen molar-refractivity contribution in [3.05, 3.63) is 29.6 Å². The third-order valence-corrected chi connectivity index (χ3v) is 2.46. The highest BCUT2D eigenvalue weighted by Gasteiger charge is 2.31. The van der Waals surface area contributed by atoms with Gasteiger partial charge in [-0.15, -0.1) is 0 Å². The SMILES string of the molecule is CCCN(CC(F)(F)F)c1cccc(F)c1CO. The molecule has 0 aliphatic heterocycles. The molecule has 1 aromatic rings. The smallest absolute Gasteiger partial charge is 0.391 e. The van der Waals surface area contributed by atoms with E-state index >= 15 is 0 Å². The fourth-order valence-corrected chi connectivity index (χ4v) is 1.77. The van der Waals surface area contributed by atoms with Crippen molar-refractivity contribution in [1.29, 1.82) is 0 Å². The molecular formula is C12H15F4NO. The highest BCUT2D eigenvalue weighted by molar-refractivity contribution is 5.54. The minimum absolute atomic E-state index is 0.0941. The number of anilines is 1. The molecule has 0 aliphatic rings. The van der Waals surface area contributed by atoms with Gasteiger partial charge in [-0.1, -0.05) is 13.0 Å². The van der Waals surface area contributed by atoms with Gasteiger partial charge in [0.1, 0.15) is 12.4 Å². The molecule has 0 saturated heterocycles. The number of aliphatic hydroxyl groups is 1. The molecule has 0 amide bonds. The second-order valence-electron chi connectivity index (χ2n) is 3.93. The van der Waals surface area contributed by atoms with Gasteiger partial charge in [0.25, 0.3) is 0 Å². The molecule has 0 unspecified atom stereocenters. The van der Waals surface area contributed by atoms with E-state index < -0.39 is 25.1 Å². The average Bonchev–Trinajstić information content (AvgIpc) is 2.26. The van der Waals surface area contributed by atoms with Crippen LogP contribution in [0.5, 0.6) is 0 Å². The lowest BCUT2D eigenvalue weighted by Gasteiger charge is -2.27. The summed E-state index contributed by atoms with van der Waals surface area (Å²) in [4.78, 5) is 1.04. The number of hydrogen-bond donors (Lipinski definition) is 1. The molecule has 1 aromatic carbocycles. The number of halogens is 4. The predicted molar refractivity (Wildman–Crippen MR) is 60.9 cm³/mol. The maximum Gasteiger partial charge on any atom is 0.405 e. The first kappa shape index (κ1) is 14.8. The Balaban J connectivity index is 3.09. The zero-order valence-electron chi connectivity index (χ0n) is 9.97. The Morgan fingerprint density at radius 1 is 1.28 bits per heavy atom. The number of hydrogen-bond acceptors (Lipinski definition) is 2. The van der Waals surface area contributed by atoms with Gasteiger partial charge < -0.3 is 10.0 Å². The number of nitrogens with zero attached hydrogens (tertiary/aromatic N) is 1. The van der Waals surface area contributed by atoms with Gasteiger partial charge in [0, 0.05) is 17.8 Å². The van der Waals surface area contributed by atoms with Gasteiger partial charge in [-0.3, -0.25) is 0 Å². The van der Waals surface area contributed by atoms with E-state index in [0.717, 1.165) is 11.0 Å². The van der Waals surface area contributed by atoms with Crippen LogP contribution in [-0.2, 0) is 6.61 Å². The van der Waals surface area contributed by atoms with Gasteiger partial charge in [0.2, 0.25) is 0 Å². The molecule has 0 saturated carbocycles. The Labute approximate surface area is 103 Å². The Hall–Kier alpha value is -1.30. The molecule has 102 valence electrons. The quantitative estimate of drug-likeness (QED) is 0.827. The van der Waals surface area contributed by atoms with Crippen molar-refractivity contribution in [2.24, 2.45) is 0 Å². The van der Waals surface area contributed by atoms with Crippen LogP contribution in [0.15, 0.2) is 18.2 Å². The van der Waals surface area contributed by atoms with Crippen LogP contribution in [0, 0.1) is 5.82 Å². The highest BCUT2D eigenvalue weighted by Crippen LogP contribution is 2.27. The van der Waals surface area contributed by atoms with Gasteiger partial charge in [0.05, 0.1) is 6.61 Å². The lowest BCUT2D eigenvalue weighted by Crippen LogP contribution is -2.35. The third kappa shape index (κ3) is 3.87. The molecule has 6 heteroatoms. The Morgan fingerprint density at radius 2 is 1.94 bits per heavy atom. The molecule has 0 atom stereocenters. The molecule has 2 nitrogen and oxygen atoms in total. The van der Waals surface area contributed by atoms with Gasteiger partial charge >= 0.3 is 6.18 Å². The van der Waals surface area contributed by atoms with Gasteiger partial charge in [0.15, 0.2) is 0 Å². The van der Waals surface area contributed by atoms with Crippen molar-refractivity contribution >= 4 is 5.69 Å². The summed E-state index contributed by atoms with van der Waals surface area (Å²) in [5, 5.41) is 9.07. The number of benzene rings is 1. The summed E-state index contributed by atoms with van der Waals surface area (Å²) in [6.07, 6.45) is -3.87. The molecule has 0 radical (unpaired) electrons. The number of alkyl halides is 3. The van der Waals surface area contributed by atoms with Crippen LogP contribution in [0.2, 0.25) is 0 Å². The normalized spacial score (nSPS) is 11.7. The predicted octanol–water partition coefficient (Wildman–Crippen LogP) is 3.10. The van der Waals surface area contributed by atoms with E-state index in [4.69, 9.17) is 5.11 Å². The van der Waals surface area contributed by atoms with Gasteiger partial charge in [-0.2, -0.15) is 13.2 Å². The van der Waals surface area contributed by atoms with Crippen molar-refractivity contribution < 1.29 is 22.7 Å². The second kappa shape index (κ2) is 6.04. The molecule has 0 aliphatic carbocycles. The summed E-state index contributed by atoms with van der Waals surface area (Å²) in [5.74, 6) is -0.696. The molecular weight excluding hydrogens is 250 g/mol. The number of aliphatic hydroxyl groups excluding tert-OH is 1. The van der Waals surface area contributed by atoms with Crippen molar-refractivity contribution in [3.8, 4) is 0 Å². The first-order chi connectivity index (χ1) is 8.39. The van der Waals surface area contributed by atoms with Crippen molar-refractivity contribution in [2.45, 2.75) is 26.1 Å². The molecule has 0 spiro atoms. The lowest BCUT2D eigenvalue weighted by molar-refractivity contribution is -0.119. The first-order valence-electron chi connectivity index (χ1n) is 5.59. The van der Waals surface area contributed by atoms with E-state index in [9.17, 15) is 17.6 Å². The van der Waals surface area contributed by atoms with Crippen LogP contribution in [0.4, 0.5) is 23.2 Å². The summed E-state index contributed by atoms with van der Waals surface area (Å²) in [6, 6.07) is 3.84. The minimum Gasteiger partial charge on any atom is -0.391 e. The first-order valence-corrected chi connectivity index (χ1v) is 5.59. The van der Waals surface area contributed by atoms with Crippen LogP contribution in [0.25, 0.3) is 0 Å². The largest absolute Gasteiger partial charge is 0.405 e. The van der Waals surface area contributed by atoms with E-state index in [0.29, 0.717) is 6.42 Å². The molecule has 0 fully saturated rings. The van der Waals surface area contributed by atoms with E-state index in [2.05, 4.69) is 0 Å². The average molecular weight is 265 g/mol. The lowest BCUT2D eigenvalue weighted by atomic mass is 10.1. The number of rotatable bonds is 5. The molecule has 0 heterocycles. The van der Waals surface area contributed by atoms with E-state index in [1.165, 1.54) is 12.1 Å². The fraction of sp³-hybridized carbons (Fsp3) is 0.500. The summed E-state index contributed by atoms with van der Waals surface area (Å²) in [5.41, 5.74) is -0.00752. The fourth-order valence-electron chi connectivity index (χ4n) is 1.77. The highest BCUT2D eigenvalue weighted by atomic mass is 19.4. The zero-order chi connectivity index (χ0) is 13.8. The van der Waals surface area contributed by atoms with E-state index in [1.807, 2.05) is 0 Å². The van der Waals surface area contributed by atoms with Crippen LogP contribution in [0.3, 0.4) is 0 Å². The second-order valence-corrected chi connectivity index (χ2v) is 3.93. The topological polar surface area (TPSA) is 23.5 Å². The van der Waals surface area contributed by atoms with Gasteiger partial charge in [-0.05, 0) is 18.6 Å².